The average molecular weight is 253 g/mol. The minimum Gasteiger partial charge on any atom is -0.480 e. The zero-order valence-corrected chi connectivity index (χ0v) is 11.7. The zero-order valence-electron chi connectivity index (χ0n) is 11.7. The Morgan fingerprint density at radius 3 is 2.17 bits per heavy atom. The van der Waals surface area contributed by atoms with E-state index in [9.17, 15) is 9.90 Å². The predicted molar refractivity (Wildman–Crippen MR) is 72.6 cm³/mol. The maximum atomic E-state index is 11.8. The van der Waals surface area contributed by atoms with Gasteiger partial charge in [-0.25, -0.2) is 0 Å². The Kier molecular flexibility index (Phi) is 4.31. The molecule has 2 saturated carbocycles. The van der Waals surface area contributed by atoms with E-state index in [4.69, 9.17) is 0 Å². The second kappa shape index (κ2) is 5.60. The molecular weight excluding hydrogens is 226 g/mol. The fraction of sp³-hybridized carbons (Fsp3) is 0.933. The fourth-order valence-corrected chi connectivity index (χ4v) is 4.12. The van der Waals surface area contributed by atoms with E-state index < -0.39 is 11.5 Å². The number of carbonyl (C=O) groups is 1. The number of carboxylic acid groups (broad SMARTS) is 1. The van der Waals surface area contributed by atoms with Crippen LogP contribution in [0.1, 0.15) is 65.2 Å². The van der Waals surface area contributed by atoms with Crippen molar-refractivity contribution >= 4 is 5.97 Å². The molecule has 0 aromatic carbocycles. The molecule has 2 rings (SSSR count). The lowest BCUT2D eigenvalue weighted by molar-refractivity contribution is -0.148. The monoisotopic (exact) mass is 253 g/mol. The second-order valence-electron chi connectivity index (χ2n) is 6.72. The molecule has 2 fully saturated rings. The Hall–Kier alpha value is -0.570. The molecule has 3 heteroatoms. The highest BCUT2D eigenvalue weighted by Crippen LogP contribution is 2.37. The quantitative estimate of drug-likeness (QED) is 0.812. The summed E-state index contributed by atoms with van der Waals surface area (Å²) in [5, 5.41) is 13.2. The van der Waals surface area contributed by atoms with Gasteiger partial charge in [0.25, 0.3) is 0 Å². The SMILES string of the molecule is CC1CC(C)CC(NC2CCCCC2)(C(=O)O)C1. The van der Waals surface area contributed by atoms with Crippen molar-refractivity contribution in [2.75, 3.05) is 0 Å². The van der Waals surface area contributed by atoms with Gasteiger partial charge in [-0.1, -0.05) is 33.1 Å². The van der Waals surface area contributed by atoms with E-state index in [2.05, 4.69) is 19.2 Å². The molecule has 0 aromatic heterocycles. The summed E-state index contributed by atoms with van der Waals surface area (Å²) in [4.78, 5) is 11.8. The van der Waals surface area contributed by atoms with Crippen molar-refractivity contribution in [1.29, 1.82) is 0 Å². The van der Waals surface area contributed by atoms with Crippen LogP contribution < -0.4 is 5.32 Å². The van der Waals surface area contributed by atoms with Crippen molar-refractivity contribution in [2.24, 2.45) is 11.8 Å². The molecular formula is C15H27NO2. The van der Waals surface area contributed by atoms with Crippen molar-refractivity contribution < 1.29 is 9.90 Å². The van der Waals surface area contributed by atoms with E-state index >= 15 is 0 Å². The molecule has 2 N–H and O–H groups in total. The Morgan fingerprint density at radius 2 is 1.67 bits per heavy atom. The number of nitrogens with one attached hydrogen (secondary N) is 1. The van der Waals surface area contributed by atoms with Gasteiger partial charge >= 0.3 is 5.97 Å². The van der Waals surface area contributed by atoms with Gasteiger partial charge in [-0.2, -0.15) is 0 Å². The molecule has 18 heavy (non-hydrogen) atoms. The number of hydrogen-bond acceptors (Lipinski definition) is 2. The first kappa shape index (κ1) is 13.9. The van der Waals surface area contributed by atoms with Gasteiger partial charge in [0.05, 0.1) is 0 Å². The van der Waals surface area contributed by atoms with E-state index in [0.717, 1.165) is 25.7 Å². The first-order valence-electron chi connectivity index (χ1n) is 7.53. The average Bonchev–Trinajstić information content (AvgIpc) is 2.28. The highest BCUT2D eigenvalue weighted by molar-refractivity contribution is 5.79. The van der Waals surface area contributed by atoms with Crippen LogP contribution in [0.4, 0.5) is 0 Å². The minimum absolute atomic E-state index is 0.423. The number of hydrogen-bond donors (Lipinski definition) is 2. The van der Waals surface area contributed by atoms with Gasteiger partial charge < -0.3 is 5.11 Å². The number of rotatable bonds is 3. The highest BCUT2D eigenvalue weighted by atomic mass is 16.4. The molecule has 0 aromatic rings. The lowest BCUT2D eigenvalue weighted by Gasteiger charge is -2.43. The fourth-order valence-electron chi connectivity index (χ4n) is 4.12. The molecule has 0 amide bonds. The van der Waals surface area contributed by atoms with Gasteiger partial charge in [0, 0.05) is 6.04 Å². The Bertz CT molecular complexity index is 287. The normalized spacial score (nSPS) is 38.6. The topological polar surface area (TPSA) is 49.3 Å². The zero-order chi connectivity index (χ0) is 13.2. The molecule has 2 aliphatic carbocycles. The summed E-state index contributed by atoms with van der Waals surface area (Å²) in [6.45, 7) is 4.38. The third kappa shape index (κ3) is 3.05. The Labute approximate surface area is 110 Å². The third-order valence-electron chi connectivity index (χ3n) is 4.69. The summed E-state index contributed by atoms with van der Waals surface area (Å²) in [6, 6.07) is 0.423. The summed E-state index contributed by atoms with van der Waals surface area (Å²) in [5.74, 6) is 0.397. The van der Waals surface area contributed by atoms with Crippen LogP contribution in [-0.2, 0) is 4.79 Å². The molecule has 0 saturated heterocycles. The predicted octanol–water partition coefficient (Wildman–Crippen LogP) is 3.19. The molecule has 2 atom stereocenters. The van der Waals surface area contributed by atoms with Gasteiger partial charge in [-0.15, -0.1) is 0 Å². The van der Waals surface area contributed by atoms with E-state index in [1.807, 2.05) is 0 Å². The largest absolute Gasteiger partial charge is 0.480 e. The van der Waals surface area contributed by atoms with Crippen LogP contribution in [0, 0.1) is 11.8 Å². The van der Waals surface area contributed by atoms with Crippen molar-refractivity contribution in [3.63, 3.8) is 0 Å². The summed E-state index contributed by atoms with van der Waals surface area (Å²) < 4.78 is 0. The van der Waals surface area contributed by atoms with Gasteiger partial charge in [0.1, 0.15) is 5.54 Å². The number of aliphatic carboxylic acids is 1. The van der Waals surface area contributed by atoms with Crippen molar-refractivity contribution in [3.05, 3.63) is 0 Å². The summed E-state index contributed by atoms with van der Waals surface area (Å²) >= 11 is 0. The minimum atomic E-state index is -0.654. The van der Waals surface area contributed by atoms with Crippen molar-refractivity contribution in [2.45, 2.75) is 76.8 Å². The summed E-state index contributed by atoms with van der Waals surface area (Å²) in [7, 11) is 0. The van der Waals surface area contributed by atoms with Gasteiger partial charge in [0.15, 0.2) is 0 Å². The molecule has 104 valence electrons. The van der Waals surface area contributed by atoms with E-state index in [1.54, 1.807) is 0 Å². The lowest BCUT2D eigenvalue weighted by atomic mass is 9.71. The molecule has 0 spiro atoms. The Balaban J connectivity index is 2.07. The van der Waals surface area contributed by atoms with Crippen LogP contribution in [-0.4, -0.2) is 22.7 Å². The van der Waals surface area contributed by atoms with Crippen LogP contribution in [0.15, 0.2) is 0 Å². The third-order valence-corrected chi connectivity index (χ3v) is 4.69. The summed E-state index contributed by atoms with van der Waals surface area (Å²) in [5.41, 5.74) is -0.654. The first-order chi connectivity index (χ1) is 8.52. The van der Waals surface area contributed by atoms with Crippen LogP contribution in [0.25, 0.3) is 0 Å². The van der Waals surface area contributed by atoms with Crippen LogP contribution in [0.3, 0.4) is 0 Å². The standard InChI is InChI=1S/C15H27NO2/c1-11-8-12(2)10-15(9-11,14(17)18)16-13-6-4-3-5-7-13/h11-13,16H,3-10H2,1-2H3,(H,17,18). The van der Waals surface area contributed by atoms with E-state index in [0.29, 0.717) is 17.9 Å². The van der Waals surface area contributed by atoms with Crippen LogP contribution in [0.5, 0.6) is 0 Å². The second-order valence-corrected chi connectivity index (χ2v) is 6.72. The van der Waals surface area contributed by atoms with Gasteiger partial charge in [-0.3, -0.25) is 10.1 Å². The maximum Gasteiger partial charge on any atom is 0.323 e. The smallest absolute Gasteiger partial charge is 0.323 e. The maximum absolute atomic E-state index is 11.8. The van der Waals surface area contributed by atoms with Crippen LogP contribution >= 0.6 is 0 Å². The first-order valence-corrected chi connectivity index (χ1v) is 7.53. The molecule has 2 aliphatic rings. The van der Waals surface area contributed by atoms with Gasteiger partial charge in [0.2, 0.25) is 0 Å². The molecule has 3 nitrogen and oxygen atoms in total. The highest BCUT2D eigenvalue weighted by Gasteiger charge is 2.45. The molecule has 0 radical (unpaired) electrons. The van der Waals surface area contributed by atoms with Crippen molar-refractivity contribution in [1.82, 2.24) is 5.32 Å². The molecule has 0 bridgehead atoms. The molecule has 0 heterocycles. The Morgan fingerprint density at radius 1 is 1.11 bits per heavy atom. The van der Waals surface area contributed by atoms with E-state index in [-0.39, 0.29) is 0 Å². The molecule has 2 unspecified atom stereocenters. The number of carboxylic acids is 1. The van der Waals surface area contributed by atoms with Crippen molar-refractivity contribution in [3.8, 4) is 0 Å². The van der Waals surface area contributed by atoms with Gasteiger partial charge in [-0.05, 0) is 43.9 Å². The summed E-state index contributed by atoms with van der Waals surface area (Å²) in [6.07, 6.45) is 8.87. The van der Waals surface area contributed by atoms with Crippen LogP contribution in [0.2, 0.25) is 0 Å². The lowest BCUT2D eigenvalue weighted by Crippen LogP contribution is -2.59. The van der Waals surface area contributed by atoms with E-state index in [1.165, 1.54) is 25.7 Å². The molecule has 0 aliphatic heterocycles.